The maximum atomic E-state index is 11.7. The highest BCUT2D eigenvalue weighted by atomic mass is 32.1. The molecular formula is C11H12N6OS. The molecule has 0 bridgehead atoms. The Morgan fingerprint density at radius 2 is 2.42 bits per heavy atom. The van der Waals surface area contributed by atoms with Crippen LogP contribution in [0.25, 0.3) is 10.2 Å². The van der Waals surface area contributed by atoms with E-state index < -0.39 is 0 Å². The highest BCUT2D eigenvalue weighted by molar-refractivity contribution is 7.17. The van der Waals surface area contributed by atoms with E-state index >= 15 is 0 Å². The molecule has 0 aliphatic carbocycles. The van der Waals surface area contributed by atoms with E-state index in [0.29, 0.717) is 17.1 Å². The van der Waals surface area contributed by atoms with Gasteiger partial charge in [0.15, 0.2) is 0 Å². The van der Waals surface area contributed by atoms with Gasteiger partial charge in [0.2, 0.25) is 0 Å². The lowest BCUT2D eigenvalue weighted by Gasteiger charge is -2.04. The summed E-state index contributed by atoms with van der Waals surface area (Å²) in [6, 6.07) is 1.86. The molecule has 0 aliphatic heterocycles. The lowest BCUT2D eigenvalue weighted by Crippen LogP contribution is -2.22. The molecule has 0 saturated heterocycles. The lowest BCUT2D eigenvalue weighted by molar-refractivity contribution is 0.534. The standard InChI is InChI=1S/C11H12N6OS/c18-11-10-8(1-6-19-10)14-9(15-11)7-12-2-4-17-5-3-13-16-17/h1,3,5-6,12H,2,4,7H2,(H,14,15,18). The highest BCUT2D eigenvalue weighted by Crippen LogP contribution is 2.13. The van der Waals surface area contributed by atoms with Crippen molar-refractivity contribution >= 4 is 21.6 Å². The van der Waals surface area contributed by atoms with Crippen LogP contribution in [0.4, 0.5) is 0 Å². The first-order valence-corrected chi connectivity index (χ1v) is 6.72. The third-order valence-corrected chi connectivity index (χ3v) is 3.55. The van der Waals surface area contributed by atoms with E-state index in [1.165, 1.54) is 11.3 Å². The summed E-state index contributed by atoms with van der Waals surface area (Å²) < 4.78 is 2.41. The number of aromatic nitrogens is 5. The van der Waals surface area contributed by atoms with Crippen molar-refractivity contribution in [2.75, 3.05) is 6.54 Å². The second-order valence-corrected chi connectivity index (χ2v) is 4.91. The smallest absolute Gasteiger partial charge is 0.268 e. The Labute approximate surface area is 112 Å². The number of aromatic amines is 1. The minimum atomic E-state index is -0.0759. The molecule has 7 nitrogen and oxygen atoms in total. The Hall–Kier alpha value is -2.06. The van der Waals surface area contributed by atoms with Gasteiger partial charge in [-0.25, -0.2) is 4.98 Å². The minimum absolute atomic E-state index is 0.0759. The number of fused-ring (bicyclic) bond motifs is 1. The van der Waals surface area contributed by atoms with Gasteiger partial charge in [-0.3, -0.25) is 9.48 Å². The summed E-state index contributed by atoms with van der Waals surface area (Å²) in [6.45, 7) is 1.98. The van der Waals surface area contributed by atoms with Crippen LogP contribution < -0.4 is 10.9 Å². The van der Waals surface area contributed by atoms with Gasteiger partial charge < -0.3 is 10.3 Å². The Kier molecular flexibility index (Phi) is 3.34. The quantitative estimate of drug-likeness (QED) is 0.657. The van der Waals surface area contributed by atoms with Crippen molar-refractivity contribution in [2.24, 2.45) is 0 Å². The van der Waals surface area contributed by atoms with Crippen molar-refractivity contribution in [1.29, 1.82) is 0 Å². The first kappa shape index (κ1) is 12.0. The Morgan fingerprint density at radius 3 is 3.26 bits per heavy atom. The fourth-order valence-electron chi connectivity index (χ4n) is 1.76. The zero-order valence-corrected chi connectivity index (χ0v) is 10.9. The van der Waals surface area contributed by atoms with Gasteiger partial charge in [-0.1, -0.05) is 5.21 Å². The summed E-state index contributed by atoms with van der Waals surface area (Å²) in [5.41, 5.74) is 0.676. The number of hydrogen-bond acceptors (Lipinski definition) is 6. The predicted octanol–water partition coefficient (Wildman–Crippen LogP) is 0.366. The molecule has 0 aliphatic rings. The summed E-state index contributed by atoms with van der Waals surface area (Å²) in [4.78, 5) is 18.9. The van der Waals surface area contributed by atoms with Crippen LogP contribution in [-0.4, -0.2) is 31.5 Å². The number of nitrogens with zero attached hydrogens (tertiary/aromatic N) is 4. The number of rotatable bonds is 5. The van der Waals surface area contributed by atoms with E-state index in [9.17, 15) is 4.79 Å². The predicted molar refractivity (Wildman–Crippen MR) is 72.0 cm³/mol. The van der Waals surface area contributed by atoms with Crippen LogP contribution >= 0.6 is 11.3 Å². The molecule has 98 valence electrons. The maximum Gasteiger partial charge on any atom is 0.268 e. The molecular weight excluding hydrogens is 264 g/mol. The van der Waals surface area contributed by atoms with Gasteiger partial charge in [-0.05, 0) is 11.4 Å². The van der Waals surface area contributed by atoms with Crippen molar-refractivity contribution < 1.29 is 0 Å². The zero-order valence-electron chi connectivity index (χ0n) is 10.0. The third-order valence-electron chi connectivity index (χ3n) is 2.65. The van der Waals surface area contributed by atoms with Gasteiger partial charge in [-0.15, -0.1) is 16.4 Å². The topological polar surface area (TPSA) is 88.5 Å². The summed E-state index contributed by atoms with van der Waals surface area (Å²) in [5.74, 6) is 0.648. The van der Waals surface area contributed by atoms with Gasteiger partial charge >= 0.3 is 0 Å². The largest absolute Gasteiger partial charge is 0.308 e. The monoisotopic (exact) mass is 276 g/mol. The van der Waals surface area contributed by atoms with Gasteiger partial charge in [-0.2, -0.15) is 0 Å². The second kappa shape index (κ2) is 5.29. The fourth-order valence-corrected chi connectivity index (χ4v) is 2.48. The summed E-state index contributed by atoms with van der Waals surface area (Å²) in [7, 11) is 0. The average molecular weight is 276 g/mol. The first-order valence-electron chi connectivity index (χ1n) is 5.84. The van der Waals surface area contributed by atoms with E-state index in [1.54, 1.807) is 17.1 Å². The molecule has 3 heterocycles. The van der Waals surface area contributed by atoms with Crippen LogP contribution in [0.1, 0.15) is 5.82 Å². The number of thiophene rings is 1. The fraction of sp³-hybridized carbons (Fsp3) is 0.273. The molecule has 3 rings (SSSR count). The van der Waals surface area contributed by atoms with Crippen LogP contribution in [0.2, 0.25) is 0 Å². The molecule has 0 unspecified atom stereocenters. The minimum Gasteiger partial charge on any atom is -0.308 e. The number of nitrogens with one attached hydrogen (secondary N) is 2. The van der Waals surface area contributed by atoms with Crippen LogP contribution in [0.5, 0.6) is 0 Å². The third kappa shape index (κ3) is 2.69. The van der Waals surface area contributed by atoms with E-state index in [-0.39, 0.29) is 5.56 Å². The van der Waals surface area contributed by atoms with Gasteiger partial charge in [0.25, 0.3) is 5.56 Å². The molecule has 8 heteroatoms. The van der Waals surface area contributed by atoms with E-state index in [4.69, 9.17) is 0 Å². The second-order valence-electron chi connectivity index (χ2n) is 3.99. The Balaban J connectivity index is 1.60. The average Bonchev–Trinajstić information content (AvgIpc) is 3.05. The number of H-pyrrole nitrogens is 1. The maximum absolute atomic E-state index is 11.7. The van der Waals surface area contributed by atoms with Crippen LogP contribution in [0, 0.1) is 0 Å². The normalized spacial score (nSPS) is 11.2. The van der Waals surface area contributed by atoms with Gasteiger partial charge in [0.05, 0.1) is 24.8 Å². The molecule has 0 spiro atoms. The molecule has 0 radical (unpaired) electrons. The van der Waals surface area contributed by atoms with Crippen molar-refractivity contribution in [3.63, 3.8) is 0 Å². The molecule has 3 aromatic heterocycles. The first-order chi connectivity index (χ1) is 9.33. The molecule has 2 N–H and O–H groups in total. The summed E-state index contributed by atoms with van der Waals surface area (Å²) in [6.07, 6.45) is 3.45. The zero-order chi connectivity index (χ0) is 13.1. The summed E-state index contributed by atoms with van der Waals surface area (Å²) >= 11 is 1.40. The van der Waals surface area contributed by atoms with E-state index in [0.717, 1.165) is 18.6 Å². The molecule has 0 aromatic carbocycles. The highest BCUT2D eigenvalue weighted by Gasteiger charge is 2.04. The van der Waals surface area contributed by atoms with Crippen molar-refractivity contribution in [3.8, 4) is 0 Å². The van der Waals surface area contributed by atoms with Crippen LogP contribution in [0.3, 0.4) is 0 Å². The van der Waals surface area contributed by atoms with Crippen LogP contribution in [-0.2, 0) is 13.1 Å². The molecule has 0 amide bonds. The Morgan fingerprint density at radius 1 is 1.47 bits per heavy atom. The SMILES string of the molecule is O=c1[nH]c(CNCCn2ccnn2)nc2ccsc12. The Bertz CT molecular complexity index is 716. The van der Waals surface area contributed by atoms with E-state index in [2.05, 4.69) is 25.6 Å². The van der Waals surface area contributed by atoms with Crippen molar-refractivity contribution in [3.05, 3.63) is 40.0 Å². The molecule has 3 aromatic rings. The van der Waals surface area contributed by atoms with Gasteiger partial charge in [0.1, 0.15) is 10.5 Å². The molecule has 19 heavy (non-hydrogen) atoms. The molecule has 0 saturated carbocycles. The van der Waals surface area contributed by atoms with Gasteiger partial charge in [0, 0.05) is 12.7 Å². The molecule has 0 fully saturated rings. The molecule has 0 atom stereocenters. The van der Waals surface area contributed by atoms with Crippen molar-refractivity contribution in [1.82, 2.24) is 30.3 Å². The van der Waals surface area contributed by atoms with Crippen molar-refractivity contribution in [2.45, 2.75) is 13.1 Å². The van der Waals surface area contributed by atoms with Crippen LogP contribution in [0.15, 0.2) is 28.6 Å². The number of hydrogen-bond donors (Lipinski definition) is 2. The lowest BCUT2D eigenvalue weighted by atomic mass is 10.4. The summed E-state index contributed by atoms with van der Waals surface area (Å²) in [5, 5.41) is 12.7. The van der Waals surface area contributed by atoms with E-state index in [1.807, 2.05) is 11.4 Å².